The molecule has 24 heavy (non-hydrogen) atoms. The third-order valence-electron chi connectivity index (χ3n) is 3.82. The first kappa shape index (κ1) is 20.0. The Morgan fingerprint density at radius 1 is 1.04 bits per heavy atom. The van der Waals surface area contributed by atoms with Gasteiger partial charge in [-0.15, -0.1) is 0 Å². The fourth-order valence-corrected chi connectivity index (χ4v) is 2.36. The highest BCUT2D eigenvalue weighted by atomic mass is 16.5. The summed E-state index contributed by atoms with van der Waals surface area (Å²) in [4.78, 5) is 25.7. The molecule has 0 saturated carbocycles. The molecule has 0 N–H and O–H groups in total. The Morgan fingerprint density at radius 3 is 2.33 bits per heavy atom. The molecule has 1 rings (SSSR count). The first-order valence-electron chi connectivity index (χ1n) is 8.67. The van der Waals surface area contributed by atoms with Crippen LogP contribution < -0.4 is 4.74 Å². The number of esters is 1. The maximum atomic E-state index is 12.3. The predicted molar refractivity (Wildman–Crippen MR) is 94.1 cm³/mol. The number of methoxy groups -OCH3 is 1. The maximum absolute atomic E-state index is 12.3. The molecule has 0 aliphatic heterocycles. The van der Waals surface area contributed by atoms with Crippen molar-refractivity contribution in [3.8, 4) is 5.75 Å². The van der Waals surface area contributed by atoms with Crippen LogP contribution in [0.15, 0.2) is 24.3 Å². The molecule has 0 spiro atoms. The molecule has 0 radical (unpaired) electrons. The van der Waals surface area contributed by atoms with E-state index in [9.17, 15) is 9.59 Å². The summed E-state index contributed by atoms with van der Waals surface area (Å²) in [6.07, 6.45) is 3.38. The second-order valence-electron chi connectivity index (χ2n) is 5.64. The Kier molecular flexibility index (Phi) is 9.58. The van der Waals surface area contributed by atoms with Crippen LogP contribution in [0.4, 0.5) is 0 Å². The average molecular weight is 335 g/mol. The molecule has 0 heterocycles. The fraction of sp³-hybridized carbons (Fsp3) is 0.579. The van der Waals surface area contributed by atoms with Crippen molar-refractivity contribution in [1.82, 2.24) is 4.90 Å². The Labute approximate surface area is 144 Å². The van der Waals surface area contributed by atoms with Crippen LogP contribution in [0.25, 0.3) is 0 Å². The summed E-state index contributed by atoms with van der Waals surface area (Å²) in [7, 11) is 1.64. The summed E-state index contributed by atoms with van der Waals surface area (Å²) in [6.45, 7) is 5.24. The van der Waals surface area contributed by atoms with Gasteiger partial charge in [0.1, 0.15) is 5.75 Å². The van der Waals surface area contributed by atoms with Crippen LogP contribution in [-0.2, 0) is 20.7 Å². The fourth-order valence-electron chi connectivity index (χ4n) is 2.36. The van der Waals surface area contributed by atoms with E-state index in [2.05, 4.69) is 6.92 Å². The lowest BCUT2D eigenvalue weighted by Gasteiger charge is -2.22. The van der Waals surface area contributed by atoms with E-state index in [4.69, 9.17) is 9.47 Å². The zero-order chi connectivity index (χ0) is 17.8. The minimum absolute atomic E-state index is 0.106. The number of ether oxygens (including phenoxy) is 2. The van der Waals surface area contributed by atoms with E-state index in [0.29, 0.717) is 26.1 Å². The predicted octanol–water partition coefficient (Wildman–Crippen LogP) is 3.21. The number of carbonyl (C=O) groups excluding carboxylic acids is 2. The van der Waals surface area contributed by atoms with Gasteiger partial charge in [0.15, 0.2) is 0 Å². The molecule has 1 aromatic rings. The molecule has 1 amide bonds. The van der Waals surface area contributed by atoms with Crippen molar-refractivity contribution in [3.05, 3.63) is 29.8 Å². The Balaban J connectivity index is 2.58. The van der Waals surface area contributed by atoms with E-state index in [1.807, 2.05) is 24.3 Å². The van der Waals surface area contributed by atoms with Crippen molar-refractivity contribution in [2.24, 2.45) is 0 Å². The zero-order valence-corrected chi connectivity index (χ0v) is 15.0. The molecule has 1 aromatic carbocycles. The molecule has 0 fully saturated rings. The van der Waals surface area contributed by atoms with Gasteiger partial charge in [-0.05, 0) is 37.5 Å². The van der Waals surface area contributed by atoms with Crippen LogP contribution in [0.5, 0.6) is 5.75 Å². The smallest absolute Gasteiger partial charge is 0.307 e. The second kappa shape index (κ2) is 11.5. The van der Waals surface area contributed by atoms with Gasteiger partial charge in [0, 0.05) is 19.5 Å². The van der Waals surface area contributed by atoms with Crippen LogP contribution in [0.1, 0.15) is 45.1 Å². The van der Waals surface area contributed by atoms with E-state index in [-0.39, 0.29) is 18.3 Å². The average Bonchev–Trinajstić information content (AvgIpc) is 2.60. The Bertz CT molecular complexity index is 499. The highest BCUT2D eigenvalue weighted by molar-refractivity contribution is 5.77. The number of benzene rings is 1. The molecule has 0 atom stereocenters. The lowest BCUT2D eigenvalue weighted by atomic mass is 10.1. The molecule has 5 nitrogen and oxygen atoms in total. The molecule has 0 aromatic heterocycles. The maximum Gasteiger partial charge on any atom is 0.307 e. The van der Waals surface area contributed by atoms with Crippen molar-refractivity contribution in [2.75, 3.05) is 26.8 Å². The molecule has 0 bridgehead atoms. The van der Waals surface area contributed by atoms with Crippen LogP contribution in [0, 0.1) is 0 Å². The number of rotatable bonds is 11. The van der Waals surface area contributed by atoms with Crippen LogP contribution >= 0.6 is 0 Å². The number of carbonyl (C=O) groups is 2. The van der Waals surface area contributed by atoms with Gasteiger partial charge < -0.3 is 14.4 Å². The van der Waals surface area contributed by atoms with Gasteiger partial charge in [-0.2, -0.15) is 0 Å². The lowest BCUT2D eigenvalue weighted by molar-refractivity contribution is -0.144. The van der Waals surface area contributed by atoms with Crippen molar-refractivity contribution < 1.29 is 19.1 Å². The molecule has 0 aliphatic rings. The van der Waals surface area contributed by atoms with Crippen molar-refractivity contribution in [3.63, 3.8) is 0 Å². The highest BCUT2D eigenvalue weighted by Crippen LogP contribution is 2.12. The number of nitrogens with zero attached hydrogens (tertiary/aromatic N) is 1. The summed E-state index contributed by atoms with van der Waals surface area (Å²) in [5.74, 6) is 0.668. The summed E-state index contributed by atoms with van der Waals surface area (Å²) >= 11 is 0. The van der Waals surface area contributed by atoms with Crippen molar-refractivity contribution >= 4 is 11.9 Å². The number of unbranched alkanes of at least 4 members (excludes halogenated alkanes) is 1. The van der Waals surface area contributed by atoms with Crippen molar-refractivity contribution in [1.29, 1.82) is 0 Å². The van der Waals surface area contributed by atoms with Crippen LogP contribution in [0.3, 0.4) is 0 Å². The zero-order valence-electron chi connectivity index (χ0n) is 15.0. The summed E-state index contributed by atoms with van der Waals surface area (Å²) < 4.78 is 10.1. The van der Waals surface area contributed by atoms with Gasteiger partial charge in [0.05, 0.1) is 20.1 Å². The minimum Gasteiger partial charge on any atom is -0.497 e. The molecule has 5 heteroatoms. The van der Waals surface area contributed by atoms with E-state index < -0.39 is 0 Å². The number of hydrogen-bond donors (Lipinski definition) is 0. The van der Waals surface area contributed by atoms with Gasteiger partial charge in [0.2, 0.25) is 5.91 Å². The van der Waals surface area contributed by atoms with Crippen LogP contribution in [-0.4, -0.2) is 43.6 Å². The van der Waals surface area contributed by atoms with E-state index in [0.717, 1.165) is 30.6 Å². The molecule has 0 unspecified atom stereocenters. The molecule has 0 aliphatic carbocycles. The second-order valence-corrected chi connectivity index (χ2v) is 5.64. The third-order valence-corrected chi connectivity index (χ3v) is 3.82. The summed E-state index contributed by atoms with van der Waals surface area (Å²) in [5.41, 5.74) is 1.14. The largest absolute Gasteiger partial charge is 0.497 e. The van der Waals surface area contributed by atoms with Gasteiger partial charge >= 0.3 is 5.97 Å². The lowest BCUT2D eigenvalue weighted by Crippen LogP contribution is -2.34. The Hall–Kier alpha value is -2.04. The Morgan fingerprint density at radius 2 is 1.75 bits per heavy atom. The summed E-state index contributed by atoms with van der Waals surface area (Å²) in [5, 5.41) is 0. The first-order chi connectivity index (χ1) is 11.6. The van der Waals surface area contributed by atoms with Gasteiger partial charge in [-0.1, -0.05) is 25.5 Å². The van der Waals surface area contributed by atoms with Crippen molar-refractivity contribution in [2.45, 2.75) is 46.0 Å². The third kappa shape index (κ3) is 7.49. The van der Waals surface area contributed by atoms with E-state index in [1.165, 1.54) is 0 Å². The molecular formula is C19H29NO4. The normalized spacial score (nSPS) is 10.3. The monoisotopic (exact) mass is 335 g/mol. The van der Waals surface area contributed by atoms with Crippen LogP contribution in [0.2, 0.25) is 0 Å². The van der Waals surface area contributed by atoms with E-state index in [1.54, 1.807) is 18.9 Å². The highest BCUT2D eigenvalue weighted by Gasteiger charge is 2.15. The SMILES string of the molecule is CCCCC(=O)N(CCC(=O)OCC)CCc1ccc(OC)cc1. The first-order valence-corrected chi connectivity index (χ1v) is 8.67. The standard InChI is InChI=1S/C19H29NO4/c1-4-6-7-18(21)20(15-13-19(22)24-5-2)14-12-16-8-10-17(23-3)11-9-16/h8-11H,4-7,12-15H2,1-3H3. The van der Waals surface area contributed by atoms with Gasteiger partial charge in [-0.25, -0.2) is 0 Å². The van der Waals surface area contributed by atoms with Gasteiger partial charge in [-0.3, -0.25) is 9.59 Å². The quantitative estimate of drug-likeness (QED) is 0.583. The number of hydrogen-bond acceptors (Lipinski definition) is 4. The topological polar surface area (TPSA) is 55.8 Å². The van der Waals surface area contributed by atoms with Gasteiger partial charge in [0.25, 0.3) is 0 Å². The molecule has 0 saturated heterocycles. The molecular weight excluding hydrogens is 306 g/mol. The molecule has 134 valence electrons. The minimum atomic E-state index is -0.254. The summed E-state index contributed by atoms with van der Waals surface area (Å²) in [6, 6.07) is 7.83. The van der Waals surface area contributed by atoms with E-state index >= 15 is 0 Å². The number of amides is 1.